The first-order chi connectivity index (χ1) is 14.4. The third kappa shape index (κ3) is 6.31. The molecule has 174 valence electrons. The van der Waals surface area contributed by atoms with Gasteiger partial charge in [-0.25, -0.2) is 9.59 Å². The lowest BCUT2D eigenvalue weighted by Gasteiger charge is -2.39. The molecule has 4 rings (SSSR count). The van der Waals surface area contributed by atoms with Gasteiger partial charge in [-0.3, -0.25) is 0 Å². The van der Waals surface area contributed by atoms with Crippen molar-refractivity contribution in [2.24, 2.45) is 23.3 Å². The Hall–Kier alpha value is -1.38. The number of carboxylic acid groups (broad SMARTS) is 2. The minimum absolute atomic E-state index is 0.314. The van der Waals surface area contributed by atoms with E-state index in [9.17, 15) is 0 Å². The van der Waals surface area contributed by atoms with E-state index in [2.05, 4.69) is 10.6 Å². The van der Waals surface area contributed by atoms with Crippen molar-refractivity contribution in [2.75, 3.05) is 65.7 Å². The van der Waals surface area contributed by atoms with Gasteiger partial charge in [0.1, 0.15) is 0 Å². The monoisotopic (exact) mass is 434 g/mol. The predicted octanol–water partition coefficient (Wildman–Crippen LogP) is -2.25. The van der Waals surface area contributed by atoms with E-state index in [1.807, 2.05) is 0 Å². The summed E-state index contributed by atoms with van der Waals surface area (Å²) in [7, 11) is 0. The molecule has 0 radical (unpaired) electrons. The summed E-state index contributed by atoms with van der Waals surface area (Å²) in [5.74, 6) is -3.72. The average molecular weight is 434 g/mol. The number of hydrogen-bond donors (Lipinski definition) is 6. The summed E-state index contributed by atoms with van der Waals surface area (Å²) >= 11 is 0. The molecule has 4 saturated heterocycles. The van der Waals surface area contributed by atoms with E-state index in [0.29, 0.717) is 24.9 Å². The second kappa shape index (κ2) is 11.9. The Kier molecular flexibility index (Phi) is 9.84. The molecule has 12 nitrogen and oxygen atoms in total. The highest BCUT2D eigenvalue weighted by Crippen LogP contribution is 2.33. The molecule has 2 atom stereocenters. The van der Waals surface area contributed by atoms with Gasteiger partial charge in [0.15, 0.2) is 11.6 Å². The molecule has 4 aliphatic heterocycles. The number of piperidine rings is 2. The molecular formula is C18H34N4O8. The maximum Gasteiger partial charge on any atom is 0.414 e. The van der Waals surface area contributed by atoms with Crippen LogP contribution in [0.15, 0.2) is 0 Å². The average Bonchev–Trinajstić information content (AvgIpc) is 3.41. The Morgan fingerprint density at radius 3 is 1.37 bits per heavy atom. The number of rotatable bonds is 2. The van der Waals surface area contributed by atoms with E-state index in [4.69, 9.17) is 50.2 Å². The molecule has 8 N–H and O–H groups in total. The van der Waals surface area contributed by atoms with Crippen molar-refractivity contribution < 1.29 is 38.7 Å². The maximum atomic E-state index is 9.10. The van der Waals surface area contributed by atoms with Crippen LogP contribution in [-0.2, 0) is 28.5 Å². The van der Waals surface area contributed by atoms with Crippen molar-refractivity contribution in [3.8, 4) is 0 Å². The summed E-state index contributed by atoms with van der Waals surface area (Å²) < 4.78 is 22.6. The summed E-state index contributed by atoms with van der Waals surface area (Å²) in [6.07, 6.45) is 1.85. The first kappa shape index (κ1) is 24.9. The van der Waals surface area contributed by atoms with Crippen LogP contribution in [0.3, 0.4) is 0 Å². The Labute approximate surface area is 175 Å². The van der Waals surface area contributed by atoms with Gasteiger partial charge in [-0.1, -0.05) is 0 Å². The van der Waals surface area contributed by atoms with Gasteiger partial charge >= 0.3 is 11.9 Å². The van der Waals surface area contributed by atoms with Gasteiger partial charge in [-0.05, 0) is 0 Å². The zero-order valence-corrected chi connectivity index (χ0v) is 17.1. The molecule has 0 saturated carbocycles. The van der Waals surface area contributed by atoms with Crippen molar-refractivity contribution in [3.05, 3.63) is 0 Å². The molecule has 2 spiro atoms. The van der Waals surface area contributed by atoms with E-state index in [0.717, 1.165) is 65.4 Å². The van der Waals surface area contributed by atoms with Gasteiger partial charge < -0.3 is 51.3 Å². The molecule has 0 aromatic heterocycles. The Bertz CT molecular complexity index is 504. The first-order valence-corrected chi connectivity index (χ1v) is 10.2. The molecule has 0 amide bonds. The fourth-order valence-corrected chi connectivity index (χ4v) is 4.02. The Morgan fingerprint density at radius 1 is 0.767 bits per heavy atom. The molecule has 2 unspecified atom stereocenters. The highest BCUT2D eigenvalue weighted by molar-refractivity contribution is 6.27. The topological polar surface area (TPSA) is 188 Å². The summed E-state index contributed by atoms with van der Waals surface area (Å²) in [6, 6.07) is 0. The van der Waals surface area contributed by atoms with Gasteiger partial charge in [0.05, 0.1) is 26.4 Å². The third-order valence-corrected chi connectivity index (χ3v) is 5.63. The summed E-state index contributed by atoms with van der Waals surface area (Å²) in [4.78, 5) is 18.2. The van der Waals surface area contributed by atoms with Crippen molar-refractivity contribution in [1.29, 1.82) is 0 Å². The van der Waals surface area contributed by atoms with Crippen LogP contribution in [0.5, 0.6) is 0 Å². The van der Waals surface area contributed by atoms with Crippen LogP contribution in [0.4, 0.5) is 0 Å². The number of nitrogens with two attached hydrogens (primary N) is 2. The lowest BCUT2D eigenvalue weighted by atomic mass is 9.92. The fraction of sp³-hybridized carbons (Fsp3) is 0.889. The van der Waals surface area contributed by atoms with Crippen molar-refractivity contribution in [2.45, 2.75) is 24.4 Å². The van der Waals surface area contributed by atoms with Crippen LogP contribution >= 0.6 is 0 Å². The van der Waals surface area contributed by atoms with E-state index < -0.39 is 11.9 Å². The van der Waals surface area contributed by atoms with E-state index in [1.54, 1.807) is 0 Å². The van der Waals surface area contributed by atoms with Crippen molar-refractivity contribution >= 4 is 11.9 Å². The third-order valence-electron chi connectivity index (χ3n) is 5.63. The van der Waals surface area contributed by atoms with Crippen LogP contribution in [0.25, 0.3) is 0 Å². The fourth-order valence-electron chi connectivity index (χ4n) is 4.02. The molecule has 4 aliphatic rings. The van der Waals surface area contributed by atoms with Gasteiger partial charge in [-0.15, -0.1) is 0 Å². The molecule has 30 heavy (non-hydrogen) atoms. The van der Waals surface area contributed by atoms with Crippen molar-refractivity contribution in [1.82, 2.24) is 10.6 Å². The molecule has 0 aliphatic carbocycles. The van der Waals surface area contributed by atoms with Gasteiger partial charge in [0, 0.05) is 63.9 Å². The number of carboxylic acids is 2. The molecule has 4 heterocycles. The summed E-state index contributed by atoms with van der Waals surface area (Å²) in [6.45, 7) is 7.90. The van der Waals surface area contributed by atoms with Gasteiger partial charge in [0.2, 0.25) is 0 Å². The molecular weight excluding hydrogens is 400 g/mol. The quantitative estimate of drug-likeness (QED) is 0.257. The molecule has 4 fully saturated rings. The number of hydrogen-bond acceptors (Lipinski definition) is 10. The number of nitrogens with one attached hydrogen (secondary N) is 2. The van der Waals surface area contributed by atoms with E-state index in [1.165, 1.54) is 0 Å². The SMILES string of the molecule is NCC1CNCCC12OCCO2.NCC1CNCCC12OCCO2.O=C(O)C(=O)O. The van der Waals surface area contributed by atoms with Gasteiger partial charge in [0.25, 0.3) is 0 Å². The zero-order valence-electron chi connectivity index (χ0n) is 17.1. The second-order valence-corrected chi connectivity index (χ2v) is 7.40. The zero-order chi connectivity index (χ0) is 22.0. The second-order valence-electron chi connectivity index (χ2n) is 7.40. The van der Waals surface area contributed by atoms with Gasteiger partial charge in [-0.2, -0.15) is 0 Å². The number of ether oxygens (including phenoxy) is 4. The van der Waals surface area contributed by atoms with Crippen LogP contribution in [0, 0.1) is 11.8 Å². The molecule has 0 bridgehead atoms. The van der Waals surface area contributed by atoms with Crippen LogP contribution in [0.1, 0.15) is 12.8 Å². The van der Waals surface area contributed by atoms with Crippen LogP contribution in [-0.4, -0.2) is 99.4 Å². The highest BCUT2D eigenvalue weighted by Gasteiger charge is 2.45. The molecule has 0 aromatic rings. The Balaban J connectivity index is 0.000000171. The summed E-state index contributed by atoms with van der Waals surface area (Å²) in [5, 5.41) is 21.4. The maximum absolute atomic E-state index is 9.10. The normalized spacial score (nSPS) is 28.9. The lowest BCUT2D eigenvalue weighted by molar-refractivity contribution is -0.205. The standard InChI is InChI=1S/2C8H16N2O2.C2H2O4/c2*9-5-7-6-10-2-1-8(7)11-3-4-12-8;3-1(4)2(5)6/h2*7,10H,1-6,9H2;(H,3,4)(H,5,6). The first-order valence-electron chi connectivity index (χ1n) is 10.2. The number of aliphatic carboxylic acids is 2. The largest absolute Gasteiger partial charge is 0.473 e. The van der Waals surface area contributed by atoms with Crippen LogP contribution < -0.4 is 22.1 Å². The lowest BCUT2D eigenvalue weighted by Crippen LogP contribution is -2.53. The molecule has 12 heteroatoms. The highest BCUT2D eigenvalue weighted by atomic mass is 16.7. The van der Waals surface area contributed by atoms with Crippen molar-refractivity contribution in [3.63, 3.8) is 0 Å². The van der Waals surface area contributed by atoms with Crippen LogP contribution in [0.2, 0.25) is 0 Å². The molecule has 0 aromatic carbocycles. The summed E-state index contributed by atoms with van der Waals surface area (Å²) in [5.41, 5.74) is 11.3. The smallest absolute Gasteiger partial charge is 0.414 e. The minimum atomic E-state index is -1.82. The minimum Gasteiger partial charge on any atom is -0.473 e. The van der Waals surface area contributed by atoms with E-state index in [-0.39, 0.29) is 11.6 Å². The van der Waals surface area contributed by atoms with E-state index >= 15 is 0 Å². The predicted molar refractivity (Wildman–Crippen MR) is 105 cm³/mol. The Morgan fingerprint density at radius 2 is 1.10 bits per heavy atom. The number of carbonyl (C=O) groups is 2.